The number of methoxy groups -OCH3 is 1. The Morgan fingerprint density at radius 3 is 2.38 bits per heavy atom. The van der Waals surface area contributed by atoms with Crippen LogP contribution >= 0.6 is 0 Å². The molecule has 0 atom stereocenters. The number of rotatable bonds is 4. The summed E-state index contributed by atoms with van der Waals surface area (Å²) >= 11 is 0. The first kappa shape index (κ1) is 17.7. The first-order chi connectivity index (χ1) is 12.4. The maximum absolute atomic E-state index is 12.7. The number of benzene rings is 2. The fourth-order valence-electron chi connectivity index (χ4n) is 2.84. The van der Waals surface area contributed by atoms with Gasteiger partial charge >= 0.3 is 0 Å². The van der Waals surface area contributed by atoms with Crippen LogP contribution in [-0.4, -0.2) is 20.1 Å². The lowest BCUT2D eigenvalue weighted by molar-refractivity contribution is 0.416. The summed E-state index contributed by atoms with van der Waals surface area (Å²) in [6, 6.07) is 12.3. The zero-order valence-electron chi connectivity index (χ0n) is 14.3. The second-order valence-electron chi connectivity index (χ2n) is 5.79. The average Bonchev–Trinajstić information content (AvgIpc) is 2.64. The Kier molecular flexibility index (Phi) is 4.53. The number of pyridine rings is 1. The Labute approximate surface area is 151 Å². The number of aryl methyl sites for hydroxylation is 1. The Balaban J connectivity index is 2.09. The van der Waals surface area contributed by atoms with Crippen molar-refractivity contribution < 1.29 is 13.2 Å². The minimum atomic E-state index is -3.61. The summed E-state index contributed by atoms with van der Waals surface area (Å²) < 4.78 is 32.4. The normalized spacial score (nSPS) is 11.3. The highest BCUT2D eigenvalue weighted by Gasteiger charge is 2.20. The predicted octanol–water partition coefficient (Wildman–Crippen LogP) is 3.07. The largest absolute Gasteiger partial charge is 0.496 e. The topological polar surface area (TPSA) is 69.7 Å². The van der Waals surface area contributed by atoms with Crippen LogP contribution < -0.4 is 10.3 Å². The highest BCUT2D eigenvalue weighted by atomic mass is 32.2. The molecule has 0 aliphatic carbocycles. The van der Waals surface area contributed by atoms with Gasteiger partial charge in [-0.1, -0.05) is 30.3 Å². The Morgan fingerprint density at radius 1 is 1.08 bits per heavy atom. The average molecular weight is 368 g/mol. The van der Waals surface area contributed by atoms with Crippen molar-refractivity contribution in [3.63, 3.8) is 0 Å². The van der Waals surface area contributed by atoms with Crippen molar-refractivity contribution in [3.05, 3.63) is 75.9 Å². The molecule has 0 saturated carbocycles. The van der Waals surface area contributed by atoms with Gasteiger partial charge in [-0.25, -0.2) is 13.3 Å². The van der Waals surface area contributed by atoms with E-state index >= 15 is 0 Å². The van der Waals surface area contributed by atoms with E-state index in [1.165, 1.54) is 42.0 Å². The van der Waals surface area contributed by atoms with Crippen molar-refractivity contribution in [2.45, 2.75) is 10.6 Å². The van der Waals surface area contributed by atoms with E-state index in [2.05, 4.69) is 4.85 Å². The van der Waals surface area contributed by atoms with Gasteiger partial charge in [0.05, 0.1) is 29.8 Å². The van der Waals surface area contributed by atoms with Gasteiger partial charge in [-0.15, -0.1) is 0 Å². The zero-order chi connectivity index (χ0) is 18.9. The van der Waals surface area contributed by atoms with Crippen LogP contribution in [0.4, 0.5) is 5.69 Å². The van der Waals surface area contributed by atoms with Gasteiger partial charge in [0.25, 0.3) is 5.56 Å². The number of ether oxygens (including phenoxy) is 1. The van der Waals surface area contributed by atoms with Crippen LogP contribution in [0.1, 0.15) is 5.56 Å². The van der Waals surface area contributed by atoms with Crippen molar-refractivity contribution in [3.8, 4) is 5.75 Å². The van der Waals surface area contributed by atoms with Gasteiger partial charge in [0, 0.05) is 24.1 Å². The monoisotopic (exact) mass is 368 g/mol. The summed E-state index contributed by atoms with van der Waals surface area (Å²) in [5.74, 6) is 0.186. The molecule has 0 amide bonds. The van der Waals surface area contributed by atoms with Gasteiger partial charge in [0.2, 0.25) is 0 Å². The van der Waals surface area contributed by atoms with Crippen LogP contribution in [-0.2, 0) is 22.6 Å². The molecule has 0 bridgehead atoms. The highest BCUT2D eigenvalue weighted by Crippen LogP contribution is 2.31. The van der Waals surface area contributed by atoms with Crippen molar-refractivity contribution in [2.75, 3.05) is 7.11 Å². The molecule has 3 rings (SSSR count). The van der Waals surface area contributed by atoms with Crippen LogP contribution in [0.3, 0.4) is 0 Å². The molecule has 0 aliphatic rings. The molecule has 0 fully saturated rings. The SMILES string of the molecule is [C-]#[N+]c1ccc(S(=O)(=O)Cc2ccc3c(ccc(=O)n3C)c2OC)cc1. The van der Waals surface area contributed by atoms with E-state index in [0.29, 0.717) is 27.9 Å². The molecule has 1 aromatic heterocycles. The summed E-state index contributed by atoms with van der Waals surface area (Å²) in [5, 5.41) is 0.672. The molecule has 3 aromatic rings. The van der Waals surface area contributed by atoms with Gasteiger partial charge in [-0.3, -0.25) is 4.79 Å². The fraction of sp³-hybridized carbons (Fsp3) is 0.158. The second-order valence-corrected chi connectivity index (χ2v) is 7.78. The molecule has 2 aromatic carbocycles. The molecule has 0 N–H and O–H groups in total. The van der Waals surface area contributed by atoms with Crippen LogP contribution in [0.2, 0.25) is 0 Å². The number of fused-ring (bicyclic) bond motifs is 1. The van der Waals surface area contributed by atoms with Crippen molar-refractivity contribution >= 4 is 26.4 Å². The minimum absolute atomic E-state index is 0.146. The summed E-state index contributed by atoms with van der Waals surface area (Å²) in [5.41, 5.74) is 1.40. The van der Waals surface area contributed by atoms with Crippen LogP contribution in [0.15, 0.2) is 58.2 Å². The first-order valence-corrected chi connectivity index (χ1v) is 9.38. The summed E-state index contributed by atoms with van der Waals surface area (Å²) in [6.07, 6.45) is 0. The standard InChI is InChI=1S/C19H16N2O4S/c1-20-14-5-7-15(8-6-14)26(23,24)12-13-4-10-17-16(19(13)25-3)9-11-18(22)21(17)2/h4-11H,12H2,2-3H3. The molecule has 0 saturated heterocycles. The molecule has 0 unspecified atom stereocenters. The van der Waals surface area contributed by atoms with E-state index in [1.807, 2.05) is 0 Å². The van der Waals surface area contributed by atoms with Gasteiger partial charge in [-0.05, 0) is 12.1 Å². The predicted molar refractivity (Wildman–Crippen MR) is 99.3 cm³/mol. The van der Waals surface area contributed by atoms with Gasteiger partial charge in [0.15, 0.2) is 15.5 Å². The summed E-state index contributed by atoms with van der Waals surface area (Å²) in [7, 11) is -0.484. The molecular formula is C19H16N2O4S. The van der Waals surface area contributed by atoms with Gasteiger partial charge in [-0.2, -0.15) is 0 Å². The zero-order valence-corrected chi connectivity index (χ0v) is 15.1. The fourth-order valence-corrected chi connectivity index (χ4v) is 4.20. The molecule has 6 nitrogen and oxygen atoms in total. The molecule has 0 spiro atoms. The van der Waals surface area contributed by atoms with E-state index in [9.17, 15) is 13.2 Å². The smallest absolute Gasteiger partial charge is 0.250 e. The molecule has 132 valence electrons. The molecule has 1 heterocycles. The maximum atomic E-state index is 12.7. The minimum Gasteiger partial charge on any atom is -0.496 e. The molecule has 7 heteroatoms. The lowest BCUT2D eigenvalue weighted by atomic mass is 10.1. The Hall–Kier alpha value is -3.11. The number of nitrogens with zero attached hydrogens (tertiary/aromatic N) is 2. The van der Waals surface area contributed by atoms with E-state index in [4.69, 9.17) is 11.3 Å². The van der Waals surface area contributed by atoms with Crippen LogP contribution in [0.5, 0.6) is 5.75 Å². The third-order valence-electron chi connectivity index (χ3n) is 4.21. The van der Waals surface area contributed by atoms with Crippen molar-refractivity contribution in [1.29, 1.82) is 0 Å². The van der Waals surface area contributed by atoms with Gasteiger partial charge in [0.1, 0.15) is 5.75 Å². The highest BCUT2D eigenvalue weighted by molar-refractivity contribution is 7.90. The van der Waals surface area contributed by atoms with Crippen molar-refractivity contribution in [2.24, 2.45) is 7.05 Å². The molecular weight excluding hydrogens is 352 g/mol. The number of hydrogen-bond donors (Lipinski definition) is 0. The lowest BCUT2D eigenvalue weighted by Gasteiger charge is -2.14. The molecule has 0 radical (unpaired) electrons. The molecule has 0 aliphatic heterocycles. The molecule has 26 heavy (non-hydrogen) atoms. The van der Waals surface area contributed by atoms with Crippen molar-refractivity contribution in [1.82, 2.24) is 4.57 Å². The Morgan fingerprint density at radius 2 is 1.77 bits per heavy atom. The van der Waals surface area contributed by atoms with Crippen LogP contribution in [0, 0.1) is 6.57 Å². The lowest BCUT2D eigenvalue weighted by Crippen LogP contribution is -2.15. The maximum Gasteiger partial charge on any atom is 0.250 e. The summed E-state index contributed by atoms with van der Waals surface area (Å²) in [6.45, 7) is 6.95. The number of sulfone groups is 1. The van der Waals surface area contributed by atoms with E-state index in [-0.39, 0.29) is 16.2 Å². The van der Waals surface area contributed by atoms with E-state index < -0.39 is 9.84 Å². The van der Waals surface area contributed by atoms with Crippen LogP contribution in [0.25, 0.3) is 15.7 Å². The Bertz CT molecular complexity index is 1190. The summed E-state index contributed by atoms with van der Waals surface area (Å²) in [4.78, 5) is 15.2. The quantitative estimate of drug-likeness (QED) is 0.664. The van der Waals surface area contributed by atoms with E-state index in [1.54, 1.807) is 25.2 Å². The van der Waals surface area contributed by atoms with Gasteiger partial charge < -0.3 is 9.30 Å². The third kappa shape index (κ3) is 3.07. The number of hydrogen-bond acceptors (Lipinski definition) is 4. The van der Waals surface area contributed by atoms with E-state index in [0.717, 1.165) is 0 Å². The second kappa shape index (κ2) is 6.65. The third-order valence-corrected chi connectivity index (χ3v) is 5.90. The number of aromatic nitrogens is 1. The first-order valence-electron chi connectivity index (χ1n) is 7.73.